The fourth-order valence-electron chi connectivity index (χ4n) is 0.219. The van der Waals surface area contributed by atoms with Gasteiger partial charge in [-0.1, -0.05) is 21.6 Å². The van der Waals surface area contributed by atoms with Crippen molar-refractivity contribution in [2.45, 2.75) is 0 Å². The van der Waals surface area contributed by atoms with E-state index < -0.39 is 0 Å². The van der Waals surface area contributed by atoms with Crippen molar-refractivity contribution in [2.75, 3.05) is 22.7 Å². The maximum Gasteiger partial charge on any atom is 0.0512 e. The number of hydrogen-bond acceptors (Lipinski definition) is 5. The lowest BCUT2D eigenvalue weighted by atomic mass is 11.9. The maximum absolute atomic E-state index is 2.14. The van der Waals surface area contributed by atoms with E-state index in [0.717, 1.165) is 0 Å². The molecule has 0 aliphatic heterocycles. The lowest BCUT2D eigenvalue weighted by molar-refractivity contribution is 2.15. The third kappa shape index (κ3) is 9.75. The fraction of sp³-hybridized carbons (Fsp3) is 1.00. The molecule has 0 bridgehead atoms. The Balaban J connectivity index is 2.60. The highest BCUT2D eigenvalue weighted by Gasteiger charge is 1.87. The van der Waals surface area contributed by atoms with Gasteiger partial charge in [-0.25, -0.2) is 0 Å². The first-order valence-corrected chi connectivity index (χ1v) is 8.91. The van der Waals surface area contributed by atoms with Crippen LogP contribution in [0.3, 0.4) is 0 Å². The number of thioether (sulfide) groups is 2. The molecule has 0 aromatic heterocycles. The smallest absolute Gasteiger partial charge is 0.0512 e. The minimum absolute atomic E-state index is 1.21. The van der Waals surface area contributed by atoms with Gasteiger partial charge >= 0.3 is 0 Å². The maximum atomic E-state index is 2.14. The van der Waals surface area contributed by atoms with Gasteiger partial charge < -0.3 is 0 Å². The molecule has 0 saturated heterocycles. The van der Waals surface area contributed by atoms with Crippen LogP contribution in [0, 0.1) is 0 Å². The van der Waals surface area contributed by atoms with E-state index in [2.05, 4.69) is 12.5 Å². The van der Waals surface area contributed by atoms with Crippen molar-refractivity contribution in [1.82, 2.24) is 0 Å². The van der Waals surface area contributed by atoms with Gasteiger partial charge in [0.1, 0.15) is 0 Å². The molecule has 0 aliphatic rings. The van der Waals surface area contributed by atoms with Gasteiger partial charge in [-0.05, 0) is 22.3 Å². The van der Waals surface area contributed by atoms with Crippen LogP contribution in [0.4, 0.5) is 0 Å². The van der Waals surface area contributed by atoms with E-state index in [1.54, 1.807) is 0 Å². The van der Waals surface area contributed by atoms with Crippen LogP contribution in [0.5, 0.6) is 0 Å². The van der Waals surface area contributed by atoms with E-state index >= 15 is 0 Å². The minimum atomic E-state index is 1.21. The molecule has 0 radical (unpaired) electrons. The molecule has 0 aromatic carbocycles. The third-order valence-electron chi connectivity index (χ3n) is 0.449. The van der Waals surface area contributed by atoms with Gasteiger partial charge in [0, 0.05) is 5.08 Å². The lowest BCUT2D eigenvalue weighted by Gasteiger charge is -1.95. The lowest BCUT2D eigenvalue weighted by Crippen LogP contribution is -1.66. The van der Waals surface area contributed by atoms with Crippen LogP contribution in [0.1, 0.15) is 0 Å². The standard InChI is InChI=1S/C4H10S5/c1-5-3-7-4-8-9-6-2/h3-4H2,1-2H3. The number of hydrogen-bond donors (Lipinski definition) is 0. The van der Waals surface area contributed by atoms with Crippen molar-refractivity contribution < 1.29 is 0 Å². The highest BCUT2D eigenvalue weighted by molar-refractivity contribution is 9.09. The zero-order valence-corrected chi connectivity index (χ0v) is 9.54. The second kappa shape index (κ2) is 9.75. The van der Waals surface area contributed by atoms with Gasteiger partial charge in [-0.3, -0.25) is 0 Å². The number of rotatable bonds is 6. The molecule has 0 saturated carbocycles. The molecule has 0 amide bonds. The molecule has 0 N–H and O–H groups in total. The molecule has 0 rings (SSSR count). The first-order chi connectivity index (χ1) is 4.41. The average molecular weight is 218 g/mol. The molecule has 0 fully saturated rings. The summed E-state index contributed by atoms with van der Waals surface area (Å²) >= 11 is 3.88. The fourth-order valence-corrected chi connectivity index (χ4v) is 5.48. The molecule has 0 spiro atoms. The molecule has 0 heterocycles. The van der Waals surface area contributed by atoms with Gasteiger partial charge in [-0.2, -0.15) is 11.8 Å². The predicted molar refractivity (Wildman–Crippen MR) is 59.5 cm³/mol. The summed E-state index contributed by atoms with van der Waals surface area (Å²) in [5.41, 5.74) is 0. The quantitative estimate of drug-likeness (QED) is 0.378. The van der Waals surface area contributed by atoms with E-state index in [9.17, 15) is 0 Å². The van der Waals surface area contributed by atoms with Crippen LogP contribution in [0.2, 0.25) is 0 Å². The molecule has 0 aliphatic carbocycles. The largest absolute Gasteiger partial charge is 0.154 e. The van der Waals surface area contributed by atoms with E-state index in [4.69, 9.17) is 0 Å². The average Bonchev–Trinajstić information content (AvgIpc) is 1.89. The molecule has 0 unspecified atom stereocenters. The predicted octanol–water partition coefficient (Wildman–Crippen LogP) is 3.66. The van der Waals surface area contributed by atoms with Crippen LogP contribution >= 0.6 is 54.9 Å². The van der Waals surface area contributed by atoms with Crippen LogP contribution in [0.25, 0.3) is 0 Å². The topological polar surface area (TPSA) is 0 Å². The summed E-state index contributed by atoms with van der Waals surface area (Å²) in [5, 5.41) is 2.44. The summed E-state index contributed by atoms with van der Waals surface area (Å²) in [6, 6.07) is 0. The van der Waals surface area contributed by atoms with E-state index in [1.807, 2.05) is 54.9 Å². The highest BCUT2D eigenvalue weighted by atomic mass is 33.5. The summed E-state index contributed by atoms with van der Waals surface area (Å²) in [5.74, 6) is 0. The molecule has 5 heteroatoms. The van der Waals surface area contributed by atoms with Crippen LogP contribution in [-0.2, 0) is 0 Å². The SMILES string of the molecule is CSCSCSSSC. The summed E-state index contributed by atoms with van der Waals surface area (Å²) in [6.07, 6.45) is 4.25. The molecular weight excluding hydrogens is 208 g/mol. The Bertz CT molecular complexity index is 42.2. The minimum Gasteiger partial charge on any atom is -0.154 e. The second-order valence-corrected chi connectivity index (χ2v) is 8.00. The van der Waals surface area contributed by atoms with Gasteiger partial charge in [0.15, 0.2) is 0 Å². The van der Waals surface area contributed by atoms with E-state index in [0.29, 0.717) is 0 Å². The van der Waals surface area contributed by atoms with Crippen molar-refractivity contribution >= 4 is 54.9 Å². The Labute approximate surface area is 77.2 Å². The van der Waals surface area contributed by atoms with Crippen LogP contribution in [-0.4, -0.2) is 22.7 Å². The summed E-state index contributed by atoms with van der Waals surface area (Å²) in [4.78, 5) is 0. The van der Waals surface area contributed by atoms with Crippen molar-refractivity contribution in [2.24, 2.45) is 0 Å². The zero-order valence-electron chi connectivity index (χ0n) is 5.46. The Hall–Kier alpha value is 1.75. The normalized spacial score (nSPS) is 10.0. The van der Waals surface area contributed by atoms with Gasteiger partial charge in [0.2, 0.25) is 0 Å². The molecule has 0 aromatic rings. The van der Waals surface area contributed by atoms with Crippen LogP contribution < -0.4 is 0 Å². The zero-order chi connectivity index (χ0) is 6.95. The summed E-state index contributed by atoms with van der Waals surface area (Å²) < 4.78 is 0. The van der Waals surface area contributed by atoms with Crippen molar-refractivity contribution in [3.63, 3.8) is 0 Å². The molecule has 56 valence electrons. The Morgan fingerprint density at radius 3 is 2.44 bits per heavy atom. The monoisotopic (exact) mass is 218 g/mol. The first kappa shape index (κ1) is 10.8. The Morgan fingerprint density at radius 1 is 1.11 bits per heavy atom. The Kier molecular flexibility index (Phi) is 11.6. The molecule has 9 heavy (non-hydrogen) atoms. The van der Waals surface area contributed by atoms with Crippen molar-refractivity contribution in [3.8, 4) is 0 Å². The van der Waals surface area contributed by atoms with E-state index in [1.165, 1.54) is 10.2 Å². The molecule has 0 atom stereocenters. The van der Waals surface area contributed by atoms with Gasteiger partial charge in [-0.15, -0.1) is 11.8 Å². The second-order valence-electron chi connectivity index (χ2n) is 1.08. The van der Waals surface area contributed by atoms with Crippen LogP contribution in [0.15, 0.2) is 0 Å². The third-order valence-corrected chi connectivity index (χ3v) is 7.00. The Morgan fingerprint density at radius 2 is 1.89 bits per heavy atom. The van der Waals surface area contributed by atoms with Crippen molar-refractivity contribution in [3.05, 3.63) is 0 Å². The van der Waals surface area contributed by atoms with Crippen molar-refractivity contribution in [1.29, 1.82) is 0 Å². The van der Waals surface area contributed by atoms with Gasteiger partial charge in [0.25, 0.3) is 0 Å². The first-order valence-electron chi connectivity index (χ1n) is 2.30. The van der Waals surface area contributed by atoms with E-state index in [-0.39, 0.29) is 0 Å². The summed E-state index contributed by atoms with van der Waals surface area (Å²) in [6.45, 7) is 0. The highest BCUT2D eigenvalue weighted by Crippen LogP contribution is 2.34. The molecule has 0 nitrogen and oxygen atoms in total. The summed E-state index contributed by atoms with van der Waals surface area (Å²) in [7, 11) is 5.60. The molecular formula is C4H10S5. The van der Waals surface area contributed by atoms with Gasteiger partial charge in [0.05, 0.1) is 5.08 Å².